The monoisotopic (exact) mass is 604 g/mol. The lowest BCUT2D eigenvalue weighted by Gasteiger charge is -2.13. The minimum atomic E-state index is 0.645. The van der Waals surface area contributed by atoms with E-state index in [0.29, 0.717) is 17.5 Å². The maximum atomic E-state index is 5.02. The third kappa shape index (κ3) is 3.69. The standard InChI is InChI=1S/C41H24N4S/c1-3-12-25(13-4-1)39-42-40(26-14-5-2-6-15-26)44-41(43-39)27-16-9-17-28(24-27)45-32-21-8-7-18-29(32)35-30-19-10-22-33-36(30)37-31(38(35)45)20-11-23-34(37)46-33/h1-24H. The number of aromatic nitrogens is 4. The van der Waals surface area contributed by atoms with Crippen LogP contribution in [0.4, 0.5) is 0 Å². The number of hydrogen-bond donors (Lipinski definition) is 0. The molecule has 0 saturated heterocycles. The van der Waals surface area contributed by atoms with Gasteiger partial charge in [0.1, 0.15) is 0 Å². The summed E-state index contributed by atoms with van der Waals surface area (Å²) in [6.07, 6.45) is 0. The lowest BCUT2D eigenvalue weighted by Crippen LogP contribution is -2.01. The van der Waals surface area contributed by atoms with Crippen molar-refractivity contribution < 1.29 is 0 Å². The van der Waals surface area contributed by atoms with Crippen molar-refractivity contribution >= 4 is 64.1 Å². The zero-order valence-corrected chi connectivity index (χ0v) is 25.4. The predicted molar refractivity (Wildman–Crippen MR) is 192 cm³/mol. The van der Waals surface area contributed by atoms with Crippen LogP contribution < -0.4 is 0 Å². The fourth-order valence-corrected chi connectivity index (χ4v) is 8.19. The summed E-state index contributed by atoms with van der Waals surface area (Å²) < 4.78 is 5.09. The third-order valence-corrected chi connectivity index (χ3v) is 10.1. The maximum absolute atomic E-state index is 5.02. The van der Waals surface area contributed by atoms with E-state index in [9.17, 15) is 0 Å². The topological polar surface area (TPSA) is 43.6 Å². The molecule has 214 valence electrons. The van der Waals surface area contributed by atoms with Crippen LogP contribution in [0, 0.1) is 0 Å². The smallest absolute Gasteiger partial charge is 0.164 e. The molecule has 0 N–H and O–H groups in total. The summed E-state index contributed by atoms with van der Waals surface area (Å²) in [4.78, 5) is 14.9. The normalized spacial score (nSPS) is 11.9. The second-order valence-electron chi connectivity index (χ2n) is 11.6. The van der Waals surface area contributed by atoms with Gasteiger partial charge in [0.15, 0.2) is 17.5 Å². The van der Waals surface area contributed by atoms with Crippen LogP contribution in [-0.4, -0.2) is 19.5 Å². The first-order valence-corrected chi connectivity index (χ1v) is 16.2. The van der Waals surface area contributed by atoms with E-state index in [1.165, 1.54) is 52.8 Å². The molecule has 0 bridgehead atoms. The molecule has 0 aliphatic rings. The highest BCUT2D eigenvalue weighted by Gasteiger charge is 2.22. The average Bonchev–Trinajstić information content (AvgIpc) is 3.69. The molecule has 10 aromatic rings. The third-order valence-electron chi connectivity index (χ3n) is 8.98. The van der Waals surface area contributed by atoms with Gasteiger partial charge in [0.25, 0.3) is 0 Å². The highest BCUT2D eigenvalue weighted by Crippen LogP contribution is 2.48. The molecule has 46 heavy (non-hydrogen) atoms. The number of hydrogen-bond acceptors (Lipinski definition) is 4. The Morgan fingerprint density at radius 1 is 0.413 bits per heavy atom. The van der Waals surface area contributed by atoms with Crippen molar-refractivity contribution in [2.24, 2.45) is 0 Å². The Labute approximate surface area is 268 Å². The zero-order chi connectivity index (χ0) is 30.2. The first-order valence-electron chi connectivity index (χ1n) is 15.4. The molecule has 0 fully saturated rings. The number of para-hydroxylation sites is 1. The van der Waals surface area contributed by atoms with E-state index in [1.54, 1.807) is 0 Å². The first kappa shape index (κ1) is 25.4. The predicted octanol–water partition coefficient (Wildman–Crippen LogP) is 10.9. The van der Waals surface area contributed by atoms with E-state index in [1.807, 2.05) is 72.0 Å². The fourth-order valence-electron chi connectivity index (χ4n) is 7.03. The van der Waals surface area contributed by atoms with Gasteiger partial charge in [-0.15, -0.1) is 11.3 Å². The molecule has 0 aliphatic heterocycles. The Kier molecular flexibility index (Phi) is 5.41. The van der Waals surface area contributed by atoms with Gasteiger partial charge in [-0.25, -0.2) is 15.0 Å². The molecular weight excluding hydrogens is 581 g/mol. The van der Waals surface area contributed by atoms with Crippen molar-refractivity contribution in [2.45, 2.75) is 0 Å². The summed E-state index contributed by atoms with van der Waals surface area (Å²) in [6.45, 7) is 0. The van der Waals surface area contributed by atoms with Crippen LogP contribution in [0.25, 0.3) is 92.6 Å². The van der Waals surface area contributed by atoms with Crippen LogP contribution >= 0.6 is 11.3 Å². The molecule has 0 aliphatic carbocycles. The second kappa shape index (κ2) is 9.80. The summed E-state index contributed by atoms with van der Waals surface area (Å²) >= 11 is 1.88. The molecule has 7 aromatic carbocycles. The van der Waals surface area contributed by atoms with Crippen molar-refractivity contribution in [3.63, 3.8) is 0 Å². The average molecular weight is 605 g/mol. The largest absolute Gasteiger partial charge is 0.309 e. The Bertz CT molecular complexity index is 2690. The van der Waals surface area contributed by atoms with E-state index in [0.717, 1.165) is 22.4 Å². The molecule has 0 radical (unpaired) electrons. The van der Waals surface area contributed by atoms with Gasteiger partial charge in [0, 0.05) is 58.7 Å². The molecule has 3 heterocycles. The van der Waals surface area contributed by atoms with Crippen molar-refractivity contribution in [3.8, 4) is 39.9 Å². The Morgan fingerprint density at radius 3 is 1.63 bits per heavy atom. The Balaban J connectivity index is 1.26. The Hall–Kier alpha value is -5.91. The SMILES string of the molecule is c1ccc(-c2nc(-c3ccccc3)nc(-c3cccc(-n4c5ccccc5c5c6cccc7sc8cccc(c8c76)c54)c3)n2)cc1. The zero-order valence-electron chi connectivity index (χ0n) is 24.6. The van der Waals surface area contributed by atoms with E-state index < -0.39 is 0 Å². The lowest BCUT2D eigenvalue weighted by molar-refractivity contribution is 1.07. The summed E-state index contributed by atoms with van der Waals surface area (Å²) in [5.74, 6) is 1.96. The van der Waals surface area contributed by atoms with Crippen molar-refractivity contribution in [3.05, 3.63) is 146 Å². The molecule has 0 saturated carbocycles. The number of rotatable bonds is 4. The highest BCUT2D eigenvalue weighted by atomic mass is 32.1. The molecular formula is C41H24N4S. The van der Waals surface area contributed by atoms with Crippen LogP contribution in [-0.2, 0) is 0 Å². The van der Waals surface area contributed by atoms with Gasteiger partial charge in [0.2, 0.25) is 0 Å². The van der Waals surface area contributed by atoms with E-state index >= 15 is 0 Å². The molecule has 0 amide bonds. The van der Waals surface area contributed by atoms with Gasteiger partial charge in [-0.2, -0.15) is 0 Å². The van der Waals surface area contributed by atoms with Gasteiger partial charge in [0.05, 0.1) is 11.0 Å². The molecule has 3 aromatic heterocycles. The summed E-state index contributed by atoms with van der Waals surface area (Å²) in [6, 6.07) is 51.1. The van der Waals surface area contributed by atoms with Gasteiger partial charge < -0.3 is 4.57 Å². The molecule has 0 atom stereocenters. The van der Waals surface area contributed by atoms with Gasteiger partial charge >= 0.3 is 0 Å². The molecule has 0 unspecified atom stereocenters. The lowest BCUT2D eigenvalue weighted by atomic mass is 9.97. The van der Waals surface area contributed by atoms with Crippen LogP contribution in [0.3, 0.4) is 0 Å². The fraction of sp³-hybridized carbons (Fsp3) is 0. The van der Waals surface area contributed by atoms with Gasteiger partial charge in [-0.05, 0) is 35.7 Å². The summed E-state index contributed by atoms with van der Waals surface area (Å²) in [7, 11) is 0. The second-order valence-corrected chi connectivity index (χ2v) is 12.7. The van der Waals surface area contributed by atoms with Crippen molar-refractivity contribution in [1.29, 1.82) is 0 Å². The quantitative estimate of drug-likeness (QED) is 0.188. The maximum Gasteiger partial charge on any atom is 0.164 e. The number of nitrogens with zero attached hydrogens (tertiary/aromatic N) is 4. The summed E-state index contributed by atoms with van der Waals surface area (Å²) in [5.41, 5.74) is 6.33. The number of fused-ring (bicyclic) bond motifs is 5. The van der Waals surface area contributed by atoms with Crippen LogP contribution in [0.2, 0.25) is 0 Å². The van der Waals surface area contributed by atoms with Crippen molar-refractivity contribution in [1.82, 2.24) is 19.5 Å². The molecule has 0 spiro atoms. The van der Waals surface area contributed by atoms with E-state index in [-0.39, 0.29) is 0 Å². The van der Waals surface area contributed by atoms with Crippen LogP contribution in [0.1, 0.15) is 0 Å². The minimum absolute atomic E-state index is 0.645. The van der Waals surface area contributed by atoms with E-state index in [4.69, 9.17) is 15.0 Å². The molecule has 4 nitrogen and oxygen atoms in total. The van der Waals surface area contributed by atoms with E-state index in [2.05, 4.69) is 89.5 Å². The van der Waals surface area contributed by atoms with Gasteiger partial charge in [-0.3, -0.25) is 0 Å². The molecule has 5 heteroatoms. The van der Waals surface area contributed by atoms with Crippen molar-refractivity contribution in [2.75, 3.05) is 0 Å². The molecule has 10 rings (SSSR count). The minimum Gasteiger partial charge on any atom is -0.309 e. The first-order chi connectivity index (χ1) is 22.8. The highest BCUT2D eigenvalue weighted by molar-refractivity contribution is 7.26. The van der Waals surface area contributed by atoms with Crippen LogP contribution in [0.15, 0.2) is 146 Å². The number of thiophene rings is 1. The summed E-state index contributed by atoms with van der Waals surface area (Å²) in [5, 5.41) is 7.85. The van der Waals surface area contributed by atoms with Crippen LogP contribution in [0.5, 0.6) is 0 Å². The van der Waals surface area contributed by atoms with Gasteiger partial charge in [-0.1, -0.05) is 115 Å². The Morgan fingerprint density at radius 2 is 0.935 bits per heavy atom. The number of benzene rings is 7.